The fourth-order valence-electron chi connectivity index (χ4n) is 3.63. The highest BCUT2D eigenvalue weighted by molar-refractivity contribution is 5.51. The van der Waals surface area contributed by atoms with E-state index < -0.39 is 0 Å². The fraction of sp³-hybridized carbons (Fsp3) is 0.391. The molecule has 0 bridgehead atoms. The van der Waals surface area contributed by atoms with Crippen molar-refractivity contribution in [3.63, 3.8) is 0 Å². The smallest absolute Gasteiger partial charge is 0.210 e. The number of hydrogen-bond acceptors (Lipinski definition) is 5. The number of aryl methyl sites for hydroxylation is 1. The van der Waals surface area contributed by atoms with E-state index in [1.54, 1.807) is 0 Å². The van der Waals surface area contributed by atoms with Crippen LogP contribution in [0.4, 0.5) is 5.69 Å². The first-order valence-electron chi connectivity index (χ1n) is 10.3. The predicted molar refractivity (Wildman–Crippen MR) is 114 cm³/mol. The Balaban J connectivity index is 1.37. The summed E-state index contributed by atoms with van der Waals surface area (Å²) in [4.78, 5) is 9.25. The third-order valence-electron chi connectivity index (χ3n) is 5.39. The number of imidazole rings is 1. The van der Waals surface area contributed by atoms with Crippen LogP contribution < -0.4 is 4.90 Å². The van der Waals surface area contributed by atoms with Gasteiger partial charge in [-0.2, -0.15) is 0 Å². The number of piperazine rings is 1. The van der Waals surface area contributed by atoms with Crippen LogP contribution in [0.5, 0.6) is 0 Å². The predicted octanol–water partition coefficient (Wildman–Crippen LogP) is 3.02. The number of rotatable bonds is 5. The third-order valence-corrected chi connectivity index (χ3v) is 5.39. The lowest BCUT2D eigenvalue weighted by Gasteiger charge is -2.35. The van der Waals surface area contributed by atoms with E-state index in [1.165, 1.54) is 5.69 Å². The molecule has 4 rings (SSSR count). The Morgan fingerprint density at radius 1 is 1.03 bits per heavy atom. The molecule has 3 heterocycles. The SMILES string of the molecule is CCc1nccn1Cc1cc(C#Cc2ccc(N3CCN(CC)CC3)cc2)on1. The second-order valence-corrected chi connectivity index (χ2v) is 7.23. The minimum atomic E-state index is 0.581. The first kappa shape index (κ1) is 19.3. The summed E-state index contributed by atoms with van der Waals surface area (Å²) in [5.74, 6) is 7.87. The van der Waals surface area contributed by atoms with E-state index in [-0.39, 0.29) is 0 Å². The van der Waals surface area contributed by atoms with Crippen LogP contribution in [-0.4, -0.2) is 52.3 Å². The van der Waals surface area contributed by atoms with Gasteiger partial charge in [0.05, 0.1) is 6.54 Å². The van der Waals surface area contributed by atoms with Gasteiger partial charge < -0.3 is 18.9 Å². The summed E-state index contributed by atoms with van der Waals surface area (Å²) in [7, 11) is 0. The summed E-state index contributed by atoms with van der Waals surface area (Å²) in [6, 6.07) is 10.4. The van der Waals surface area contributed by atoms with Gasteiger partial charge in [-0.3, -0.25) is 0 Å². The number of nitrogens with zero attached hydrogens (tertiary/aromatic N) is 5. The van der Waals surface area contributed by atoms with E-state index in [0.717, 1.165) is 56.2 Å². The highest BCUT2D eigenvalue weighted by Crippen LogP contribution is 2.17. The summed E-state index contributed by atoms with van der Waals surface area (Å²) in [5.41, 5.74) is 3.09. The Kier molecular flexibility index (Phi) is 5.97. The van der Waals surface area contributed by atoms with Crippen LogP contribution in [0, 0.1) is 11.8 Å². The van der Waals surface area contributed by atoms with Crippen molar-refractivity contribution in [3.8, 4) is 11.8 Å². The molecule has 6 heteroatoms. The van der Waals surface area contributed by atoms with Gasteiger partial charge in [0.25, 0.3) is 0 Å². The van der Waals surface area contributed by atoms with Crippen LogP contribution in [0.2, 0.25) is 0 Å². The maximum Gasteiger partial charge on any atom is 0.210 e. The highest BCUT2D eigenvalue weighted by atomic mass is 16.5. The molecule has 0 saturated carbocycles. The lowest BCUT2D eigenvalue weighted by molar-refractivity contribution is 0.271. The molecular weight excluding hydrogens is 362 g/mol. The normalized spacial score (nSPS) is 14.6. The van der Waals surface area contributed by atoms with E-state index in [1.807, 2.05) is 18.5 Å². The first-order chi connectivity index (χ1) is 14.2. The molecule has 1 saturated heterocycles. The van der Waals surface area contributed by atoms with Gasteiger partial charge >= 0.3 is 0 Å². The molecule has 0 atom stereocenters. The van der Waals surface area contributed by atoms with Crippen molar-refractivity contribution < 1.29 is 4.52 Å². The summed E-state index contributed by atoms with van der Waals surface area (Å²) in [5, 5.41) is 4.13. The number of benzene rings is 1. The van der Waals surface area contributed by atoms with Gasteiger partial charge in [0, 0.05) is 62.3 Å². The summed E-state index contributed by atoms with van der Waals surface area (Å²) in [6.07, 6.45) is 4.66. The second kappa shape index (κ2) is 8.97. The number of likely N-dealkylation sites (N-methyl/N-ethyl adjacent to an activating group) is 1. The number of aromatic nitrogens is 3. The molecule has 6 nitrogen and oxygen atoms in total. The molecule has 1 aliphatic rings. The van der Waals surface area contributed by atoms with Gasteiger partial charge in [0.1, 0.15) is 11.5 Å². The molecule has 3 aromatic rings. The second-order valence-electron chi connectivity index (χ2n) is 7.23. The molecule has 1 aromatic carbocycles. The monoisotopic (exact) mass is 389 g/mol. The Morgan fingerprint density at radius 2 is 1.83 bits per heavy atom. The Hall–Kier alpha value is -3.04. The summed E-state index contributed by atoms with van der Waals surface area (Å²) < 4.78 is 7.46. The van der Waals surface area contributed by atoms with Crippen LogP contribution in [-0.2, 0) is 13.0 Å². The van der Waals surface area contributed by atoms with Gasteiger partial charge in [0.2, 0.25) is 5.76 Å². The molecule has 1 fully saturated rings. The molecule has 0 N–H and O–H groups in total. The van der Waals surface area contributed by atoms with Crippen LogP contribution in [0.25, 0.3) is 0 Å². The van der Waals surface area contributed by atoms with Crippen molar-refractivity contribution in [1.82, 2.24) is 19.6 Å². The highest BCUT2D eigenvalue weighted by Gasteiger charge is 2.15. The lowest BCUT2D eigenvalue weighted by Crippen LogP contribution is -2.46. The largest absolute Gasteiger partial charge is 0.369 e. The standard InChI is InChI=1S/C23H27N5O/c1-3-23-24-11-12-28(23)18-20-17-22(29-25-20)10-7-19-5-8-21(9-6-19)27-15-13-26(4-2)14-16-27/h5-6,8-9,11-12,17H,3-4,13-16,18H2,1-2H3. The maximum atomic E-state index is 5.38. The Morgan fingerprint density at radius 3 is 2.55 bits per heavy atom. The first-order valence-corrected chi connectivity index (χ1v) is 10.3. The van der Waals surface area contributed by atoms with Gasteiger partial charge in [0.15, 0.2) is 0 Å². The van der Waals surface area contributed by atoms with Crippen molar-refractivity contribution in [3.05, 3.63) is 65.6 Å². The molecular formula is C23H27N5O. The minimum absolute atomic E-state index is 0.581. The fourth-order valence-corrected chi connectivity index (χ4v) is 3.63. The molecule has 0 aliphatic carbocycles. The van der Waals surface area contributed by atoms with Crippen LogP contribution in [0.1, 0.15) is 36.7 Å². The summed E-state index contributed by atoms with van der Waals surface area (Å²) in [6.45, 7) is 10.5. The molecule has 0 unspecified atom stereocenters. The molecule has 2 aromatic heterocycles. The number of hydrogen-bond donors (Lipinski definition) is 0. The van der Waals surface area contributed by atoms with Gasteiger partial charge in [-0.1, -0.05) is 24.9 Å². The molecule has 0 radical (unpaired) electrons. The van der Waals surface area contributed by atoms with Gasteiger partial charge in [-0.25, -0.2) is 4.98 Å². The molecule has 0 spiro atoms. The average Bonchev–Trinajstić information content (AvgIpc) is 3.42. The zero-order chi connectivity index (χ0) is 20.1. The third kappa shape index (κ3) is 4.69. The van der Waals surface area contributed by atoms with E-state index in [2.05, 4.69) is 74.5 Å². The number of anilines is 1. The molecule has 150 valence electrons. The van der Waals surface area contributed by atoms with Crippen molar-refractivity contribution >= 4 is 5.69 Å². The minimum Gasteiger partial charge on any atom is -0.369 e. The van der Waals surface area contributed by atoms with Crippen molar-refractivity contribution in [2.45, 2.75) is 26.8 Å². The lowest BCUT2D eigenvalue weighted by atomic mass is 10.1. The van der Waals surface area contributed by atoms with Gasteiger partial charge in [-0.15, -0.1) is 0 Å². The van der Waals surface area contributed by atoms with E-state index >= 15 is 0 Å². The van der Waals surface area contributed by atoms with Crippen molar-refractivity contribution in [2.75, 3.05) is 37.6 Å². The van der Waals surface area contributed by atoms with E-state index in [4.69, 9.17) is 4.52 Å². The Labute approximate surface area is 172 Å². The van der Waals surface area contributed by atoms with Crippen molar-refractivity contribution in [1.29, 1.82) is 0 Å². The van der Waals surface area contributed by atoms with Crippen LogP contribution >= 0.6 is 0 Å². The van der Waals surface area contributed by atoms with E-state index in [0.29, 0.717) is 12.3 Å². The Bertz CT molecular complexity index is 984. The molecule has 0 amide bonds. The summed E-state index contributed by atoms with van der Waals surface area (Å²) >= 11 is 0. The van der Waals surface area contributed by atoms with Crippen LogP contribution in [0.15, 0.2) is 47.2 Å². The maximum absolute atomic E-state index is 5.38. The van der Waals surface area contributed by atoms with Crippen LogP contribution in [0.3, 0.4) is 0 Å². The average molecular weight is 390 g/mol. The van der Waals surface area contributed by atoms with Crippen molar-refractivity contribution in [2.24, 2.45) is 0 Å². The zero-order valence-corrected chi connectivity index (χ0v) is 17.1. The van der Waals surface area contributed by atoms with E-state index in [9.17, 15) is 0 Å². The zero-order valence-electron chi connectivity index (χ0n) is 17.1. The topological polar surface area (TPSA) is 50.3 Å². The van der Waals surface area contributed by atoms with Gasteiger partial charge in [-0.05, 0) is 36.7 Å². The quantitative estimate of drug-likeness (QED) is 0.628. The molecule has 1 aliphatic heterocycles. The molecule has 29 heavy (non-hydrogen) atoms.